The molecule has 0 heterocycles. The summed E-state index contributed by atoms with van der Waals surface area (Å²) in [5.74, 6) is -1.63. The molecular formula is C14H19NO4. The van der Waals surface area contributed by atoms with E-state index in [1.165, 1.54) is 0 Å². The number of aliphatic carboxylic acids is 1. The molecule has 0 bridgehead atoms. The fraction of sp³-hybridized carbons (Fsp3) is 0.429. The molecule has 0 spiro atoms. The van der Waals surface area contributed by atoms with Gasteiger partial charge in [-0.3, -0.25) is 9.59 Å². The standard InChI is InChI=1S/C14H19NO4/c1-3-19-13(16)9-15-8-11-4-6-12(7-5-11)10(2)14(17)18/h4-7,10,15H,3,8-9H2,1-2H3,(H,17,18). The first-order valence-corrected chi connectivity index (χ1v) is 6.22. The van der Waals surface area contributed by atoms with Crippen molar-refractivity contribution in [2.24, 2.45) is 0 Å². The number of esters is 1. The maximum Gasteiger partial charge on any atom is 0.319 e. The van der Waals surface area contributed by atoms with Crippen LogP contribution in [0.2, 0.25) is 0 Å². The first-order valence-electron chi connectivity index (χ1n) is 6.22. The Bertz CT molecular complexity index is 428. The topological polar surface area (TPSA) is 75.6 Å². The molecule has 104 valence electrons. The number of hydrogen-bond acceptors (Lipinski definition) is 4. The number of rotatable bonds is 7. The van der Waals surface area contributed by atoms with Crippen LogP contribution in [0.15, 0.2) is 24.3 Å². The van der Waals surface area contributed by atoms with Gasteiger partial charge < -0.3 is 15.2 Å². The highest BCUT2D eigenvalue weighted by Crippen LogP contribution is 2.15. The van der Waals surface area contributed by atoms with Gasteiger partial charge in [-0.1, -0.05) is 24.3 Å². The zero-order chi connectivity index (χ0) is 14.3. The summed E-state index contributed by atoms with van der Waals surface area (Å²) >= 11 is 0. The van der Waals surface area contributed by atoms with E-state index in [1.807, 2.05) is 12.1 Å². The van der Waals surface area contributed by atoms with Crippen molar-refractivity contribution in [2.45, 2.75) is 26.3 Å². The van der Waals surface area contributed by atoms with Crippen LogP contribution in [0.25, 0.3) is 0 Å². The number of carboxylic acid groups (broad SMARTS) is 1. The highest BCUT2D eigenvalue weighted by molar-refractivity contribution is 5.75. The van der Waals surface area contributed by atoms with Crippen molar-refractivity contribution >= 4 is 11.9 Å². The Morgan fingerprint density at radius 2 is 1.95 bits per heavy atom. The van der Waals surface area contributed by atoms with Gasteiger partial charge in [-0.2, -0.15) is 0 Å². The van der Waals surface area contributed by atoms with Crippen molar-refractivity contribution in [2.75, 3.05) is 13.2 Å². The number of nitrogens with one attached hydrogen (secondary N) is 1. The molecule has 1 aromatic carbocycles. The molecule has 0 fully saturated rings. The molecule has 19 heavy (non-hydrogen) atoms. The van der Waals surface area contributed by atoms with E-state index in [0.717, 1.165) is 11.1 Å². The van der Waals surface area contributed by atoms with Gasteiger partial charge in [-0.05, 0) is 25.0 Å². The maximum atomic E-state index is 11.1. The molecule has 0 aromatic heterocycles. The summed E-state index contributed by atoms with van der Waals surface area (Å²) in [7, 11) is 0. The Labute approximate surface area is 112 Å². The van der Waals surface area contributed by atoms with Crippen LogP contribution in [0.4, 0.5) is 0 Å². The molecule has 0 aliphatic heterocycles. The van der Waals surface area contributed by atoms with Gasteiger partial charge in [-0.15, -0.1) is 0 Å². The molecule has 0 amide bonds. The minimum Gasteiger partial charge on any atom is -0.481 e. The summed E-state index contributed by atoms with van der Waals surface area (Å²) in [5, 5.41) is 11.9. The molecule has 2 N–H and O–H groups in total. The van der Waals surface area contributed by atoms with E-state index in [-0.39, 0.29) is 12.5 Å². The van der Waals surface area contributed by atoms with Gasteiger partial charge in [0, 0.05) is 6.54 Å². The number of carboxylic acids is 1. The Balaban J connectivity index is 2.44. The van der Waals surface area contributed by atoms with E-state index in [4.69, 9.17) is 9.84 Å². The van der Waals surface area contributed by atoms with Crippen LogP contribution in [0, 0.1) is 0 Å². The molecule has 0 radical (unpaired) electrons. The van der Waals surface area contributed by atoms with Crippen molar-refractivity contribution in [3.05, 3.63) is 35.4 Å². The number of hydrogen-bond donors (Lipinski definition) is 2. The van der Waals surface area contributed by atoms with Crippen molar-refractivity contribution in [3.8, 4) is 0 Å². The SMILES string of the molecule is CCOC(=O)CNCc1ccc(C(C)C(=O)O)cc1. The summed E-state index contributed by atoms with van der Waals surface area (Å²) in [4.78, 5) is 21.9. The third-order valence-electron chi connectivity index (χ3n) is 2.75. The minimum absolute atomic E-state index is 0.168. The first kappa shape index (κ1) is 15.2. The molecule has 1 atom stereocenters. The molecule has 0 aliphatic carbocycles. The van der Waals surface area contributed by atoms with E-state index in [1.54, 1.807) is 26.0 Å². The summed E-state index contributed by atoms with van der Waals surface area (Å²) in [6.07, 6.45) is 0. The van der Waals surface area contributed by atoms with Crippen LogP contribution in [0.5, 0.6) is 0 Å². The highest BCUT2D eigenvalue weighted by atomic mass is 16.5. The lowest BCUT2D eigenvalue weighted by Crippen LogP contribution is -2.24. The summed E-state index contributed by atoms with van der Waals surface area (Å²) in [5.41, 5.74) is 1.76. The third-order valence-corrected chi connectivity index (χ3v) is 2.75. The second-order valence-electron chi connectivity index (χ2n) is 4.21. The lowest BCUT2D eigenvalue weighted by Gasteiger charge is -2.08. The quantitative estimate of drug-likeness (QED) is 0.731. The monoisotopic (exact) mass is 265 g/mol. The van der Waals surface area contributed by atoms with Gasteiger partial charge in [-0.25, -0.2) is 0 Å². The molecule has 0 aliphatic rings. The van der Waals surface area contributed by atoms with Crippen LogP contribution in [-0.4, -0.2) is 30.2 Å². The van der Waals surface area contributed by atoms with E-state index < -0.39 is 11.9 Å². The average molecular weight is 265 g/mol. The predicted octanol–water partition coefficient (Wildman–Crippen LogP) is 1.53. The zero-order valence-electron chi connectivity index (χ0n) is 11.2. The fourth-order valence-corrected chi connectivity index (χ4v) is 1.59. The Hall–Kier alpha value is -1.88. The largest absolute Gasteiger partial charge is 0.481 e. The van der Waals surface area contributed by atoms with Crippen LogP contribution in [0.1, 0.15) is 30.9 Å². The summed E-state index contributed by atoms with van der Waals surface area (Å²) < 4.78 is 4.79. The van der Waals surface area contributed by atoms with Crippen LogP contribution < -0.4 is 5.32 Å². The van der Waals surface area contributed by atoms with Crippen molar-refractivity contribution in [3.63, 3.8) is 0 Å². The van der Waals surface area contributed by atoms with Gasteiger partial charge in [0.1, 0.15) is 0 Å². The number of ether oxygens (including phenoxy) is 1. The first-order chi connectivity index (χ1) is 9.04. The molecule has 0 saturated heterocycles. The van der Waals surface area contributed by atoms with Crippen molar-refractivity contribution in [1.29, 1.82) is 0 Å². The van der Waals surface area contributed by atoms with E-state index in [2.05, 4.69) is 5.32 Å². The Kier molecular flexibility index (Phi) is 6.02. The smallest absolute Gasteiger partial charge is 0.319 e. The van der Waals surface area contributed by atoms with Gasteiger partial charge in [0.2, 0.25) is 0 Å². The third kappa shape index (κ3) is 5.09. The molecule has 5 heteroatoms. The fourth-order valence-electron chi connectivity index (χ4n) is 1.59. The van der Waals surface area contributed by atoms with Crippen LogP contribution in [0.3, 0.4) is 0 Å². The normalized spacial score (nSPS) is 11.9. The van der Waals surface area contributed by atoms with Gasteiger partial charge >= 0.3 is 11.9 Å². The van der Waals surface area contributed by atoms with Crippen LogP contribution in [-0.2, 0) is 20.9 Å². The maximum absolute atomic E-state index is 11.1. The summed E-state index contributed by atoms with van der Waals surface area (Å²) in [6.45, 7) is 4.50. The lowest BCUT2D eigenvalue weighted by molar-refractivity contribution is -0.142. The molecule has 0 saturated carbocycles. The second-order valence-corrected chi connectivity index (χ2v) is 4.21. The van der Waals surface area contributed by atoms with Crippen molar-refractivity contribution < 1.29 is 19.4 Å². The van der Waals surface area contributed by atoms with E-state index in [9.17, 15) is 9.59 Å². The van der Waals surface area contributed by atoms with Gasteiger partial charge in [0.05, 0.1) is 19.1 Å². The molecule has 5 nitrogen and oxygen atoms in total. The van der Waals surface area contributed by atoms with Crippen molar-refractivity contribution in [1.82, 2.24) is 5.32 Å². The predicted molar refractivity (Wildman–Crippen MR) is 70.8 cm³/mol. The Morgan fingerprint density at radius 3 is 2.47 bits per heavy atom. The number of carbonyl (C=O) groups excluding carboxylic acids is 1. The lowest BCUT2D eigenvalue weighted by atomic mass is 10.0. The summed E-state index contributed by atoms with van der Waals surface area (Å²) in [6, 6.07) is 7.29. The van der Waals surface area contributed by atoms with E-state index >= 15 is 0 Å². The number of benzene rings is 1. The highest BCUT2D eigenvalue weighted by Gasteiger charge is 2.12. The average Bonchev–Trinajstić information content (AvgIpc) is 2.39. The van der Waals surface area contributed by atoms with Crippen LogP contribution >= 0.6 is 0 Å². The molecule has 1 rings (SSSR count). The van der Waals surface area contributed by atoms with E-state index in [0.29, 0.717) is 13.2 Å². The minimum atomic E-state index is -0.840. The van der Waals surface area contributed by atoms with Gasteiger partial charge in [0.15, 0.2) is 0 Å². The number of carbonyl (C=O) groups is 2. The molecule has 1 aromatic rings. The second kappa shape index (κ2) is 7.53. The molecular weight excluding hydrogens is 246 g/mol. The van der Waals surface area contributed by atoms with Gasteiger partial charge in [0.25, 0.3) is 0 Å². The zero-order valence-corrected chi connectivity index (χ0v) is 11.2. The Morgan fingerprint density at radius 1 is 1.32 bits per heavy atom. The molecule has 1 unspecified atom stereocenters.